The Morgan fingerprint density at radius 2 is 1.65 bits per heavy atom. The van der Waals surface area contributed by atoms with Gasteiger partial charge < -0.3 is 10.6 Å². The van der Waals surface area contributed by atoms with Crippen LogP contribution in [0.15, 0.2) is 0 Å². The Labute approximate surface area is 108 Å². The molecule has 1 atom stereocenters. The maximum absolute atomic E-state index is 3.59. The molecule has 0 aromatic heterocycles. The van der Waals surface area contributed by atoms with E-state index >= 15 is 0 Å². The summed E-state index contributed by atoms with van der Waals surface area (Å²) in [5.74, 6) is 0.887. The van der Waals surface area contributed by atoms with Gasteiger partial charge in [-0.3, -0.25) is 0 Å². The first-order valence-electron chi connectivity index (χ1n) is 7.46. The van der Waals surface area contributed by atoms with E-state index < -0.39 is 0 Å². The van der Waals surface area contributed by atoms with Gasteiger partial charge in [-0.2, -0.15) is 0 Å². The summed E-state index contributed by atoms with van der Waals surface area (Å²) in [6.07, 6.45) is 8.24. The second-order valence-corrected chi connectivity index (χ2v) is 6.79. The molecule has 17 heavy (non-hydrogen) atoms. The number of hydrogen-bond donors (Lipinski definition) is 2. The maximum atomic E-state index is 3.59. The third-order valence-corrected chi connectivity index (χ3v) is 3.41. The van der Waals surface area contributed by atoms with Crippen LogP contribution in [-0.2, 0) is 0 Å². The molecule has 2 heteroatoms. The first-order chi connectivity index (χ1) is 7.97. The molecule has 0 spiro atoms. The van der Waals surface area contributed by atoms with Gasteiger partial charge in [0, 0.05) is 11.6 Å². The van der Waals surface area contributed by atoms with E-state index in [2.05, 4.69) is 38.3 Å². The van der Waals surface area contributed by atoms with E-state index in [1.165, 1.54) is 45.1 Å². The van der Waals surface area contributed by atoms with Gasteiger partial charge in [0.15, 0.2) is 0 Å². The summed E-state index contributed by atoms with van der Waals surface area (Å²) >= 11 is 0. The summed E-state index contributed by atoms with van der Waals surface area (Å²) in [6, 6.07) is 0.876. The van der Waals surface area contributed by atoms with Gasteiger partial charge in [-0.25, -0.2) is 0 Å². The van der Waals surface area contributed by atoms with Gasteiger partial charge in [0.2, 0.25) is 0 Å². The standard InChI is InChI=1S/C15H32N2/c1-13(7-5-11-16-14-9-10-14)8-6-12-17-15(2,3)4/h13-14,16-17H,5-12H2,1-4H3. The zero-order valence-electron chi connectivity index (χ0n) is 12.3. The highest BCUT2D eigenvalue weighted by Gasteiger charge is 2.19. The second kappa shape index (κ2) is 7.38. The zero-order valence-corrected chi connectivity index (χ0v) is 12.3. The molecule has 0 aromatic rings. The molecule has 1 fully saturated rings. The molecule has 0 heterocycles. The lowest BCUT2D eigenvalue weighted by molar-refractivity contribution is 0.391. The monoisotopic (exact) mass is 240 g/mol. The fourth-order valence-corrected chi connectivity index (χ4v) is 2.10. The van der Waals surface area contributed by atoms with Crippen molar-refractivity contribution in [3.8, 4) is 0 Å². The van der Waals surface area contributed by atoms with Gasteiger partial charge in [-0.15, -0.1) is 0 Å². The van der Waals surface area contributed by atoms with Crippen LogP contribution >= 0.6 is 0 Å². The first kappa shape index (κ1) is 15.0. The van der Waals surface area contributed by atoms with Crippen molar-refractivity contribution in [2.45, 2.75) is 77.8 Å². The molecule has 0 radical (unpaired) electrons. The molecule has 2 nitrogen and oxygen atoms in total. The molecule has 1 aliphatic rings. The number of rotatable bonds is 9. The van der Waals surface area contributed by atoms with E-state index in [0.717, 1.165) is 18.5 Å². The van der Waals surface area contributed by atoms with Gasteiger partial charge in [-0.1, -0.05) is 6.92 Å². The summed E-state index contributed by atoms with van der Waals surface area (Å²) in [4.78, 5) is 0. The minimum absolute atomic E-state index is 0.275. The lowest BCUT2D eigenvalue weighted by atomic mass is 9.99. The summed E-state index contributed by atoms with van der Waals surface area (Å²) in [7, 11) is 0. The molecule has 0 bridgehead atoms. The van der Waals surface area contributed by atoms with E-state index in [-0.39, 0.29) is 5.54 Å². The molecule has 0 saturated heterocycles. The zero-order chi connectivity index (χ0) is 12.7. The Balaban J connectivity index is 1.84. The van der Waals surface area contributed by atoms with E-state index in [4.69, 9.17) is 0 Å². The molecular weight excluding hydrogens is 208 g/mol. The van der Waals surface area contributed by atoms with Gasteiger partial charge in [-0.05, 0) is 78.3 Å². The van der Waals surface area contributed by atoms with Gasteiger partial charge in [0.05, 0.1) is 0 Å². The Bertz CT molecular complexity index is 192. The van der Waals surface area contributed by atoms with Crippen molar-refractivity contribution in [1.29, 1.82) is 0 Å². The predicted molar refractivity (Wildman–Crippen MR) is 76.4 cm³/mol. The van der Waals surface area contributed by atoms with Gasteiger partial charge >= 0.3 is 0 Å². The highest BCUT2D eigenvalue weighted by molar-refractivity contribution is 4.80. The van der Waals surface area contributed by atoms with Crippen molar-refractivity contribution in [2.24, 2.45) is 5.92 Å². The Morgan fingerprint density at radius 1 is 1.06 bits per heavy atom. The highest BCUT2D eigenvalue weighted by atomic mass is 14.9. The van der Waals surface area contributed by atoms with Crippen molar-refractivity contribution in [3.63, 3.8) is 0 Å². The minimum atomic E-state index is 0.275. The SMILES string of the molecule is CC(CCCNC1CC1)CCCNC(C)(C)C. The summed E-state index contributed by atoms with van der Waals surface area (Å²) in [5, 5.41) is 7.14. The maximum Gasteiger partial charge on any atom is 0.00965 e. The van der Waals surface area contributed by atoms with E-state index in [1.807, 2.05) is 0 Å². The molecular formula is C15H32N2. The normalized spacial score (nSPS) is 18.4. The van der Waals surface area contributed by atoms with Crippen molar-refractivity contribution in [3.05, 3.63) is 0 Å². The topological polar surface area (TPSA) is 24.1 Å². The van der Waals surface area contributed by atoms with Crippen molar-refractivity contribution in [1.82, 2.24) is 10.6 Å². The van der Waals surface area contributed by atoms with Crippen LogP contribution < -0.4 is 10.6 Å². The number of hydrogen-bond acceptors (Lipinski definition) is 2. The first-order valence-corrected chi connectivity index (χ1v) is 7.46. The average Bonchev–Trinajstić information content (AvgIpc) is 3.02. The van der Waals surface area contributed by atoms with E-state index in [9.17, 15) is 0 Å². The van der Waals surface area contributed by atoms with Gasteiger partial charge in [0.25, 0.3) is 0 Å². The Kier molecular flexibility index (Phi) is 6.50. The second-order valence-electron chi connectivity index (χ2n) is 6.79. The summed E-state index contributed by atoms with van der Waals surface area (Å²) in [6.45, 7) is 11.5. The molecule has 2 N–H and O–H groups in total. The van der Waals surface area contributed by atoms with Crippen LogP contribution in [0.3, 0.4) is 0 Å². The van der Waals surface area contributed by atoms with Crippen LogP contribution in [0.5, 0.6) is 0 Å². The van der Waals surface area contributed by atoms with Crippen LogP contribution in [0.1, 0.15) is 66.2 Å². The fourth-order valence-electron chi connectivity index (χ4n) is 2.10. The average molecular weight is 240 g/mol. The summed E-state index contributed by atoms with van der Waals surface area (Å²) in [5.41, 5.74) is 0.275. The smallest absolute Gasteiger partial charge is 0.00965 e. The summed E-state index contributed by atoms with van der Waals surface area (Å²) < 4.78 is 0. The van der Waals surface area contributed by atoms with E-state index in [1.54, 1.807) is 0 Å². The van der Waals surface area contributed by atoms with Gasteiger partial charge in [0.1, 0.15) is 0 Å². The Hall–Kier alpha value is -0.0800. The molecule has 1 rings (SSSR count). The minimum Gasteiger partial charge on any atom is -0.314 e. The third kappa shape index (κ3) is 9.61. The van der Waals surface area contributed by atoms with Crippen molar-refractivity contribution >= 4 is 0 Å². The van der Waals surface area contributed by atoms with Crippen LogP contribution in [0, 0.1) is 5.92 Å². The van der Waals surface area contributed by atoms with Crippen LogP contribution in [0.2, 0.25) is 0 Å². The molecule has 0 aliphatic heterocycles. The molecule has 0 aromatic carbocycles. The molecule has 102 valence electrons. The lowest BCUT2D eigenvalue weighted by Crippen LogP contribution is -2.36. The molecule has 0 amide bonds. The fraction of sp³-hybridized carbons (Fsp3) is 1.00. The number of nitrogens with one attached hydrogen (secondary N) is 2. The quantitative estimate of drug-likeness (QED) is 0.604. The molecule has 1 aliphatic carbocycles. The van der Waals surface area contributed by atoms with E-state index in [0.29, 0.717) is 0 Å². The molecule has 1 saturated carbocycles. The molecule has 1 unspecified atom stereocenters. The largest absolute Gasteiger partial charge is 0.314 e. The van der Waals surface area contributed by atoms with Crippen LogP contribution in [0.25, 0.3) is 0 Å². The predicted octanol–water partition coefficient (Wildman–Crippen LogP) is 3.32. The lowest BCUT2D eigenvalue weighted by Gasteiger charge is -2.21. The van der Waals surface area contributed by atoms with Crippen molar-refractivity contribution < 1.29 is 0 Å². The highest BCUT2D eigenvalue weighted by Crippen LogP contribution is 2.19. The third-order valence-electron chi connectivity index (χ3n) is 3.41. The van der Waals surface area contributed by atoms with Crippen molar-refractivity contribution in [2.75, 3.05) is 13.1 Å². The van der Waals surface area contributed by atoms with Crippen LogP contribution in [-0.4, -0.2) is 24.7 Å². The van der Waals surface area contributed by atoms with Crippen LogP contribution in [0.4, 0.5) is 0 Å². The Morgan fingerprint density at radius 3 is 2.18 bits per heavy atom.